The van der Waals surface area contributed by atoms with Gasteiger partial charge in [0.2, 0.25) is 0 Å². The highest BCUT2D eigenvalue weighted by molar-refractivity contribution is 7.12. The average Bonchev–Trinajstić information content (AvgIpc) is 3.32. The van der Waals surface area contributed by atoms with Crippen molar-refractivity contribution >= 4 is 34.1 Å². The van der Waals surface area contributed by atoms with Crippen LogP contribution in [0.15, 0.2) is 46.2 Å². The maximum atomic E-state index is 12.7. The zero-order valence-corrected chi connectivity index (χ0v) is 16.1. The second kappa shape index (κ2) is 7.56. The van der Waals surface area contributed by atoms with Gasteiger partial charge in [-0.05, 0) is 54.8 Å². The van der Waals surface area contributed by atoms with E-state index < -0.39 is 0 Å². The summed E-state index contributed by atoms with van der Waals surface area (Å²) < 4.78 is 5.69. The van der Waals surface area contributed by atoms with E-state index in [1.165, 1.54) is 11.3 Å². The average molecular weight is 382 g/mol. The lowest BCUT2D eigenvalue weighted by Gasteiger charge is -2.31. The van der Waals surface area contributed by atoms with Crippen molar-refractivity contribution in [2.24, 2.45) is 5.92 Å². The van der Waals surface area contributed by atoms with Crippen LogP contribution in [0.1, 0.15) is 38.6 Å². The summed E-state index contributed by atoms with van der Waals surface area (Å²) in [6.45, 7) is 4.02. The van der Waals surface area contributed by atoms with Crippen molar-refractivity contribution in [3.8, 4) is 0 Å². The monoisotopic (exact) mass is 382 g/mol. The number of aryl methyl sites for hydroxylation is 1. The number of amides is 2. The third kappa shape index (κ3) is 3.90. The Labute approximate surface area is 162 Å². The van der Waals surface area contributed by atoms with Crippen LogP contribution in [0, 0.1) is 12.8 Å². The standard InChI is InChI=1S/C21H22N2O3S/c1-14-10-19(27-13-14)20(24)22-12-15-6-8-23(9-7-15)21(25)18-11-16-4-2-3-5-17(16)26-18/h2-5,10-11,13,15H,6-9,12H2,1H3,(H,22,24). The normalized spacial score (nSPS) is 15.2. The minimum Gasteiger partial charge on any atom is -0.451 e. The first-order valence-corrected chi connectivity index (χ1v) is 10.1. The van der Waals surface area contributed by atoms with Crippen LogP contribution in [0.5, 0.6) is 0 Å². The van der Waals surface area contributed by atoms with Crippen LogP contribution < -0.4 is 5.32 Å². The molecular weight excluding hydrogens is 360 g/mol. The summed E-state index contributed by atoms with van der Waals surface area (Å²) in [5, 5.41) is 5.95. The van der Waals surface area contributed by atoms with Gasteiger partial charge in [-0.3, -0.25) is 9.59 Å². The molecule has 27 heavy (non-hydrogen) atoms. The van der Waals surface area contributed by atoms with Gasteiger partial charge in [0.15, 0.2) is 5.76 Å². The molecule has 2 aromatic heterocycles. The van der Waals surface area contributed by atoms with Gasteiger partial charge in [-0.15, -0.1) is 11.3 Å². The number of thiophene rings is 1. The van der Waals surface area contributed by atoms with Crippen molar-refractivity contribution < 1.29 is 14.0 Å². The number of rotatable bonds is 4. The number of benzene rings is 1. The van der Waals surface area contributed by atoms with Crippen molar-refractivity contribution in [1.82, 2.24) is 10.2 Å². The van der Waals surface area contributed by atoms with Gasteiger partial charge in [-0.1, -0.05) is 18.2 Å². The number of piperidine rings is 1. The smallest absolute Gasteiger partial charge is 0.289 e. The van der Waals surface area contributed by atoms with Crippen LogP contribution >= 0.6 is 11.3 Å². The Morgan fingerprint density at radius 3 is 2.70 bits per heavy atom. The molecule has 6 heteroatoms. The number of hydrogen-bond acceptors (Lipinski definition) is 4. The molecule has 5 nitrogen and oxygen atoms in total. The highest BCUT2D eigenvalue weighted by Crippen LogP contribution is 2.23. The highest BCUT2D eigenvalue weighted by Gasteiger charge is 2.26. The zero-order chi connectivity index (χ0) is 18.8. The van der Waals surface area contributed by atoms with Crippen LogP contribution in [0.25, 0.3) is 11.0 Å². The zero-order valence-electron chi connectivity index (χ0n) is 15.2. The van der Waals surface area contributed by atoms with Crippen molar-refractivity contribution in [3.05, 3.63) is 58.0 Å². The van der Waals surface area contributed by atoms with Gasteiger partial charge in [0.25, 0.3) is 11.8 Å². The van der Waals surface area contributed by atoms with Gasteiger partial charge in [0, 0.05) is 25.0 Å². The molecule has 3 aromatic rings. The SMILES string of the molecule is Cc1csc(C(=O)NCC2CCN(C(=O)c3cc4ccccc4o3)CC2)c1. The van der Waals surface area contributed by atoms with Crippen molar-refractivity contribution in [2.75, 3.05) is 19.6 Å². The Morgan fingerprint density at radius 2 is 2.00 bits per heavy atom. The van der Waals surface area contributed by atoms with Crippen molar-refractivity contribution in [1.29, 1.82) is 0 Å². The fraction of sp³-hybridized carbons (Fsp3) is 0.333. The minimum atomic E-state index is -0.0530. The number of furan rings is 1. The van der Waals surface area contributed by atoms with Crippen LogP contribution in [0.2, 0.25) is 0 Å². The summed E-state index contributed by atoms with van der Waals surface area (Å²) in [7, 11) is 0. The van der Waals surface area contributed by atoms with Crippen LogP contribution in [-0.2, 0) is 0 Å². The van der Waals surface area contributed by atoms with Crippen LogP contribution in [-0.4, -0.2) is 36.3 Å². The van der Waals surface area contributed by atoms with E-state index in [-0.39, 0.29) is 11.8 Å². The number of para-hydroxylation sites is 1. The minimum absolute atomic E-state index is 0.00567. The molecular formula is C21H22N2O3S. The summed E-state index contributed by atoms with van der Waals surface area (Å²) >= 11 is 1.47. The summed E-state index contributed by atoms with van der Waals surface area (Å²) in [6, 6.07) is 11.4. The first kappa shape index (κ1) is 17.8. The number of carbonyl (C=O) groups excluding carboxylic acids is 2. The van der Waals surface area contributed by atoms with Gasteiger partial charge in [0.1, 0.15) is 5.58 Å². The maximum Gasteiger partial charge on any atom is 0.289 e. The van der Waals surface area contributed by atoms with Gasteiger partial charge in [-0.2, -0.15) is 0 Å². The van der Waals surface area contributed by atoms with Crippen LogP contribution in [0.3, 0.4) is 0 Å². The number of likely N-dealkylation sites (tertiary alicyclic amines) is 1. The summed E-state index contributed by atoms with van der Waals surface area (Å²) in [4.78, 5) is 27.5. The number of nitrogens with one attached hydrogen (secondary N) is 1. The largest absolute Gasteiger partial charge is 0.451 e. The molecule has 1 aliphatic heterocycles. The molecule has 140 valence electrons. The first-order valence-electron chi connectivity index (χ1n) is 9.21. The van der Waals surface area contributed by atoms with E-state index in [1.54, 1.807) is 0 Å². The van der Waals surface area contributed by atoms with Crippen molar-refractivity contribution in [2.45, 2.75) is 19.8 Å². The van der Waals surface area contributed by atoms with E-state index in [2.05, 4.69) is 5.32 Å². The van der Waals surface area contributed by atoms with E-state index in [0.29, 0.717) is 31.3 Å². The molecule has 0 atom stereocenters. The fourth-order valence-corrected chi connectivity index (χ4v) is 4.27. The second-order valence-corrected chi connectivity index (χ2v) is 7.99. The Hall–Kier alpha value is -2.60. The molecule has 1 aromatic carbocycles. The Bertz CT molecular complexity index is 934. The molecule has 1 fully saturated rings. The number of nitrogens with zero attached hydrogens (tertiary/aromatic N) is 1. The summed E-state index contributed by atoms with van der Waals surface area (Å²) in [5.74, 6) is 0.738. The second-order valence-electron chi connectivity index (χ2n) is 7.08. The molecule has 1 N–H and O–H groups in total. The van der Waals surface area contributed by atoms with Gasteiger partial charge in [-0.25, -0.2) is 0 Å². The van der Waals surface area contributed by atoms with Gasteiger partial charge >= 0.3 is 0 Å². The third-order valence-corrected chi connectivity index (χ3v) is 6.09. The topological polar surface area (TPSA) is 62.6 Å². The summed E-state index contributed by atoms with van der Waals surface area (Å²) in [6.07, 6.45) is 1.77. The van der Waals surface area contributed by atoms with E-state index in [4.69, 9.17) is 4.42 Å². The maximum absolute atomic E-state index is 12.7. The fourth-order valence-electron chi connectivity index (χ4n) is 3.46. The lowest BCUT2D eigenvalue weighted by Crippen LogP contribution is -2.41. The molecule has 3 heterocycles. The summed E-state index contributed by atoms with van der Waals surface area (Å²) in [5.41, 5.74) is 1.85. The molecule has 1 saturated heterocycles. The molecule has 0 radical (unpaired) electrons. The predicted molar refractivity (Wildman–Crippen MR) is 106 cm³/mol. The van der Waals surface area contributed by atoms with Gasteiger partial charge < -0.3 is 14.6 Å². The first-order chi connectivity index (χ1) is 13.1. The molecule has 1 aliphatic rings. The Balaban J connectivity index is 1.29. The number of carbonyl (C=O) groups is 2. The Morgan fingerprint density at radius 1 is 1.22 bits per heavy atom. The molecule has 0 spiro atoms. The number of hydrogen-bond donors (Lipinski definition) is 1. The predicted octanol–water partition coefficient (Wildman–Crippen LogP) is 4.08. The van der Waals surface area contributed by atoms with E-state index in [0.717, 1.165) is 34.3 Å². The van der Waals surface area contributed by atoms with Crippen LogP contribution in [0.4, 0.5) is 0 Å². The Kier molecular flexibility index (Phi) is 4.99. The quantitative estimate of drug-likeness (QED) is 0.739. The molecule has 0 bridgehead atoms. The van der Waals surface area contributed by atoms with E-state index in [9.17, 15) is 9.59 Å². The van der Waals surface area contributed by atoms with Crippen molar-refractivity contribution in [3.63, 3.8) is 0 Å². The van der Waals surface area contributed by atoms with E-state index in [1.807, 2.05) is 53.6 Å². The molecule has 0 aliphatic carbocycles. The molecule has 0 unspecified atom stereocenters. The molecule has 2 amide bonds. The molecule has 0 saturated carbocycles. The van der Waals surface area contributed by atoms with Gasteiger partial charge in [0.05, 0.1) is 4.88 Å². The highest BCUT2D eigenvalue weighted by atomic mass is 32.1. The lowest BCUT2D eigenvalue weighted by atomic mass is 9.96. The lowest BCUT2D eigenvalue weighted by molar-refractivity contribution is 0.0655. The molecule has 4 rings (SSSR count). The third-order valence-electron chi connectivity index (χ3n) is 5.04. The van der Waals surface area contributed by atoms with E-state index >= 15 is 0 Å². The number of fused-ring (bicyclic) bond motifs is 1.